The quantitative estimate of drug-likeness (QED) is 0.352. The fourth-order valence-electron chi connectivity index (χ4n) is 2.46. The number of amides is 1. The van der Waals surface area contributed by atoms with Crippen molar-refractivity contribution >= 4 is 34.7 Å². The number of ether oxygens (including phenoxy) is 1. The predicted octanol–water partition coefficient (Wildman–Crippen LogP) is 3.78. The second kappa shape index (κ2) is 8.18. The summed E-state index contributed by atoms with van der Waals surface area (Å²) in [6.45, 7) is 1.49. The Hall–Kier alpha value is -3.35. The van der Waals surface area contributed by atoms with Gasteiger partial charge in [-0.2, -0.15) is 13.2 Å². The second-order valence-corrected chi connectivity index (χ2v) is 7.32. The van der Waals surface area contributed by atoms with Crippen LogP contribution in [0.2, 0.25) is 0 Å². The Labute approximate surface area is 171 Å². The van der Waals surface area contributed by atoms with Gasteiger partial charge in [0.25, 0.3) is 5.69 Å². The highest BCUT2D eigenvalue weighted by Gasteiger charge is 2.31. The van der Waals surface area contributed by atoms with Gasteiger partial charge in [0.05, 0.1) is 28.9 Å². The van der Waals surface area contributed by atoms with Crippen LogP contribution in [0, 0.1) is 10.1 Å². The first-order valence-corrected chi connectivity index (χ1v) is 9.20. The van der Waals surface area contributed by atoms with Crippen LogP contribution in [-0.2, 0) is 11.0 Å². The molecule has 158 valence electrons. The zero-order valence-corrected chi connectivity index (χ0v) is 16.3. The molecular weight excluding hydrogens is 427 g/mol. The summed E-state index contributed by atoms with van der Waals surface area (Å²) >= 11 is 0.864. The van der Waals surface area contributed by atoms with Crippen LogP contribution < -0.4 is 10.1 Å². The van der Waals surface area contributed by atoms with E-state index in [1.165, 1.54) is 32.2 Å². The highest BCUT2D eigenvalue weighted by Crippen LogP contribution is 2.32. The molecular formula is C17H14F3N5O4S. The van der Waals surface area contributed by atoms with E-state index < -0.39 is 27.8 Å². The summed E-state index contributed by atoms with van der Waals surface area (Å²) in [5, 5.41) is 20.5. The largest absolute Gasteiger partial charge is 0.496 e. The summed E-state index contributed by atoms with van der Waals surface area (Å²) < 4.78 is 44.9. The van der Waals surface area contributed by atoms with Gasteiger partial charge in [-0.15, -0.1) is 10.2 Å². The third-order valence-electron chi connectivity index (χ3n) is 4.01. The highest BCUT2D eigenvalue weighted by atomic mass is 32.2. The van der Waals surface area contributed by atoms with Crippen molar-refractivity contribution in [2.24, 2.45) is 0 Å². The lowest BCUT2D eigenvalue weighted by Crippen LogP contribution is -2.23. The van der Waals surface area contributed by atoms with E-state index in [0.717, 1.165) is 34.5 Å². The zero-order valence-electron chi connectivity index (χ0n) is 15.5. The van der Waals surface area contributed by atoms with Crippen LogP contribution in [0.15, 0.2) is 41.7 Å². The lowest BCUT2D eigenvalue weighted by atomic mass is 10.2. The average Bonchev–Trinajstić information content (AvgIpc) is 3.09. The van der Waals surface area contributed by atoms with Gasteiger partial charge in [0.15, 0.2) is 10.8 Å². The number of thioether (sulfide) groups is 1. The van der Waals surface area contributed by atoms with Crippen molar-refractivity contribution in [2.45, 2.75) is 23.5 Å². The number of hydrogen-bond acceptors (Lipinski definition) is 7. The molecule has 1 aromatic carbocycles. The summed E-state index contributed by atoms with van der Waals surface area (Å²) in [7, 11) is 1.35. The van der Waals surface area contributed by atoms with Gasteiger partial charge in [0.2, 0.25) is 5.91 Å². The molecule has 30 heavy (non-hydrogen) atoms. The molecule has 1 atom stereocenters. The maximum atomic E-state index is 13.0. The van der Waals surface area contributed by atoms with Crippen molar-refractivity contribution in [1.82, 2.24) is 14.6 Å². The molecule has 0 saturated carbocycles. The first-order chi connectivity index (χ1) is 14.1. The van der Waals surface area contributed by atoms with Gasteiger partial charge < -0.3 is 10.1 Å². The summed E-state index contributed by atoms with van der Waals surface area (Å²) in [6.07, 6.45) is -3.70. The summed E-state index contributed by atoms with van der Waals surface area (Å²) in [5.41, 5.74) is -1.10. The lowest BCUT2D eigenvalue weighted by Gasteiger charge is -2.12. The van der Waals surface area contributed by atoms with Crippen molar-refractivity contribution in [2.75, 3.05) is 12.4 Å². The number of alkyl halides is 3. The molecule has 0 aliphatic rings. The van der Waals surface area contributed by atoms with E-state index in [4.69, 9.17) is 4.74 Å². The number of aromatic nitrogens is 3. The van der Waals surface area contributed by atoms with Gasteiger partial charge >= 0.3 is 6.18 Å². The first-order valence-electron chi connectivity index (χ1n) is 8.32. The highest BCUT2D eigenvalue weighted by molar-refractivity contribution is 8.00. The van der Waals surface area contributed by atoms with Crippen molar-refractivity contribution in [3.05, 3.63) is 52.2 Å². The summed E-state index contributed by atoms with van der Waals surface area (Å²) in [5.74, 6) is -0.352. The van der Waals surface area contributed by atoms with E-state index in [-0.39, 0.29) is 27.9 Å². The number of nitrogens with one attached hydrogen (secondary N) is 1. The molecule has 0 aliphatic heterocycles. The first kappa shape index (κ1) is 21.4. The van der Waals surface area contributed by atoms with Crippen molar-refractivity contribution in [1.29, 1.82) is 0 Å². The number of halogens is 3. The molecule has 0 saturated heterocycles. The molecule has 3 aromatic rings. The molecule has 1 N–H and O–H groups in total. The number of pyridine rings is 1. The average molecular weight is 441 g/mol. The summed E-state index contributed by atoms with van der Waals surface area (Å²) in [4.78, 5) is 23.1. The Kier molecular flexibility index (Phi) is 5.82. The Morgan fingerprint density at radius 3 is 2.67 bits per heavy atom. The number of benzene rings is 1. The topological polar surface area (TPSA) is 112 Å². The molecule has 1 amide bonds. The fraction of sp³-hybridized carbons (Fsp3) is 0.235. The van der Waals surface area contributed by atoms with Gasteiger partial charge in [-0.05, 0) is 31.2 Å². The normalized spacial score (nSPS) is 12.6. The zero-order chi connectivity index (χ0) is 22.1. The molecule has 0 bridgehead atoms. The molecule has 2 aromatic heterocycles. The van der Waals surface area contributed by atoms with E-state index in [2.05, 4.69) is 15.5 Å². The second-order valence-electron chi connectivity index (χ2n) is 6.02. The van der Waals surface area contributed by atoms with Crippen LogP contribution in [0.5, 0.6) is 5.75 Å². The van der Waals surface area contributed by atoms with Gasteiger partial charge in [-0.1, -0.05) is 11.8 Å². The molecule has 0 radical (unpaired) electrons. The Morgan fingerprint density at radius 2 is 2.03 bits per heavy atom. The molecule has 9 nitrogen and oxygen atoms in total. The molecule has 0 spiro atoms. The number of anilines is 1. The minimum Gasteiger partial charge on any atom is -0.496 e. The Balaban J connectivity index is 1.81. The van der Waals surface area contributed by atoms with Gasteiger partial charge in [0, 0.05) is 6.20 Å². The maximum Gasteiger partial charge on any atom is 0.417 e. The van der Waals surface area contributed by atoms with Crippen LogP contribution in [0.4, 0.5) is 24.5 Å². The molecule has 0 unspecified atom stereocenters. The Bertz CT molecular complexity index is 1120. The van der Waals surface area contributed by atoms with Gasteiger partial charge in [-0.3, -0.25) is 19.3 Å². The van der Waals surface area contributed by atoms with E-state index in [1.54, 1.807) is 0 Å². The van der Waals surface area contributed by atoms with Crippen LogP contribution in [0.1, 0.15) is 12.5 Å². The van der Waals surface area contributed by atoms with E-state index in [1.807, 2.05) is 0 Å². The minimum absolute atomic E-state index is 0.0382. The number of methoxy groups -OCH3 is 1. The number of nitro benzene ring substituents is 1. The van der Waals surface area contributed by atoms with Gasteiger partial charge in [-0.25, -0.2) is 0 Å². The standard InChI is InChI=1S/C17H14F3N5O4S/c1-9(15(26)21-12-5-4-11(29-2)7-13(12)25(27)28)30-16-23-22-14-6-3-10(8-24(14)16)17(18,19)20/h3-9H,1-2H3,(H,21,26)/t9-/m1/s1. The molecule has 0 aliphatic carbocycles. The smallest absolute Gasteiger partial charge is 0.417 e. The number of carbonyl (C=O) groups is 1. The minimum atomic E-state index is -4.54. The molecule has 3 rings (SSSR count). The van der Waals surface area contributed by atoms with E-state index >= 15 is 0 Å². The molecule has 13 heteroatoms. The lowest BCUT2D eigenvalue weighted by molar-refractivity contribution is -0.384. The molecule has 0 fully saturated rings. The van der Waals surface area contributed by atoms with E-state index in [9.17, 15) is 28.1 Å². The van der Waals surface area contributed by atoms with Crippen molar-refractivity contribution < 1.29 is 27.6 Å². The maximum absolute atomic E-state index is 13.0. The van der Waals surface area contributed by atoms with Gasteiger partial charge in [0.1, 0.15) is 11.4 Å². The van der Waals surface area contributed by atoms with Crippen LogP contribution in [0.3, 0.4) is 0 Å². The van der Waals surface area contributed by atoms with Crippen molar-refractivity contribution in [3.8, 4) is 5.75 Å². The predicted molar refractivity (Wildman–Crippen MR) is 102 cm³/mol. The summed E-state index contributed by atoms with van der Waals surface area (Å²) in [6, 6.07) is 6.00. The fourth-order valence-corrected chi connectivity index (χ4v) is 3.29. The van der Waals surface area contributed by atoms with Crippen molar-refractivity contribution in [3.63, 3.8) is 0 Å². The number of hydrogen-bond donors (Lipinski definition) is 1. The number of nitro groups is 1. The number of rotatable bonds is 6. The number of fused-ring (bicyclic) bond motifs is 1. The molecule has 2 heterocycles. The number of carbonyl (C=O) groups excluding carboxylic acids is 1. The third kappa shape index (κ3) is 4.45. The SMILES string of the molecule is COc1ccc(NC(=O)[C@@H](C)Sc2nnc3ccc(C(F)(F)F)cn23)c([N+](=O)[O-])c1. The van der Waals surface area contributed by atoms with Crippen LogP contribution in [-0.4, -0.2) is 37.8 Å². The monoisotopic (exact) mass is 441 g/mol. The van der Waals surface area contributed by atoms with Crippen LogP contribution in [0.25, 0.3) is 5.65 Å². The van der Waals surface area contributed by atoms with Crippen LogP contribution >= 0.6 is 11.8 Å². The Morgan fingerprint density at radius 1 is 1.30 bits per heavy atom. The van der Waals surface area contributed by atoms with E-state index in [0.29, 0.717) is 0 Å². The third-order valence-corrected chi connectivity index (χ3v) is 5.07. The number of nitrogens with zero attached hydrogens (tertiary/aromatic N) is 4.